The molecule has 132 valence electrons. The van der Waals surface area contributed by atoms with Gasteiger partial charge >= 0.3 is 5.97 Å². The van der Waals surface area contributed by atoms with Crippen molar-refractivity contribution >= 4 is 29.2 Å². The normalized spacial score (nSPS) is 24.0. The molecule has 2 atom stereocenters. The average Bonchev–Trinajstić information content (AvgIpc) is 2.61. The number of benzene rings is 1. The number of carbonyl (C=O) groups is 3. The molecule has 2 amide bonds. The molecular weight excluding hydrogens is 326 g/mol. The van der Waals surface area contributed by atoms with E-state index in [0.29, 0.717) is 12.2 Å². The van der Waals surface area contributed by atoms with Gasteiger partial charge in [-0.25, -0.2) is 9.80 Å². The van der Waals surface area contributed by atoms with Crippen LogP contribution in [0.15, 0.2) is 35.4 Å². The number of carbonyl (C=O) groups excluding carboxylic acids is 2. The van der Waals surface area contributed by atoms with Crippen LogP contribution in [0.25, 0.3) is 0 Å². The fourth-order valence-electron chi connectivity index (χ4n) is 2.91. The molecule has 0 radical (unpaired) electrons. The van der Waals surface area contributed by atoms with Crippen molar-refractivity contribution in [2.45, 2.75) is 32.0 Å². The number of anilines is 1. The first-order valence-electron chi connectivity index (χ1n) is 8.08. The van der Waals surface area contributed by atoms with E-state index in [2.05, 4.69) is 5.10 Å². The molecule has 1 saturated heterocycles. The maximum absolute atomic E-state index is 12.8. The number of aliphatic carboxylic acids is 1. The summed E-state index contributed by atoms with van der Waals surface area (Å²) in [5.74, 6) is -1.63. The van der Waals surface area contributed by atoms with E-state index in [4.69, 9.17) is 9.84 Å². The quantitative estimate of drug-likeness (QED) is 0.876. The lowest BCUT2D eigenvalue weighted by molar-refractivity contribution is -0.164. The number of hydrazone groups is 1. The van der Waals surface area contributed by atoms with Gasteiger partial charge in [-0.1, -0.05) is 18.2 Å². The number of carboxylic acid groups (broad SMARTS) is 1. The second-order valence-electron chi connectivity index (χ2n) is 6.07. The van der Waals surface area contributed by atoms with Gasteiger partial charge in [-0.15, -0.1) is 0 Å². The molecule has 0 spiro atoms. The number of ether oxygens (including phenoxy) is 1. The molecule has 0 aliphatic carbocycles. The van der Waals surface area contributed by atoms with Crippen molar-refractivity contribution in [3.8, 4) is 0 Å². The summed E-state index contributed by atoms with van der Waals surface area (Å²) in [4.78, 5) is 37.5. The molecule has 25 heavy (non-hydrogen) atoms. The zero-order valence-corrected chi connectivity index (χ0v) is 13.8. The Bertz CT molecular complexity index is 718. The number of para-hydroxylation sites is 1. The molecule has 0 bridgehead atoms. The van der Waals surface area contributed by atoms with Gasteiger partial charge in [0.15, 0.2) is 6.10 Å². The monoisotopic (exact) mass is 345 g/mol. The molecule has 1 aromatic rings. The van der Waals surface area contributed by atoms with Gasteiger partial charge in [0.05, 0.1) is 18.3 Å². The summed E-state index contributed by atoms with van der Waals surface area (Å²) in [7, 11) is 0. The minimum atomic E-state index is -1.10. The zero-order chi connectivity index (χ0) is 18.0. The Morgan fingerprint density at radius 1 is 1.20 bits per heavy atom. The third-order valence-corrected chi connectivity index (χ3v) is 4.10. The highest BCUT2D eigenvalue weighted by Crippen LogP contribution is 2.21. The third kappa shape index (κ3) is 3.69. The number of nitrogens with zero attached hydrogens (tertiary/aromatic N) is 3. The van der Waals surface area contributed by atoms with Crippen LogP contribution in [0, 0.1) is 0 Å². The molecule has 0 saturated carbocycles. The summed E-state index contributed by atoms with van der Waals surface area (Å²) in [6.45, 7) is 1.98. The van der Waals surface area contributed by atoms with Crippen LogP contribution in [-0.2, 0) is 19.1 Å². The minimum absolute atomic E-state index is 0.0309. The van der Waals surface area contributed by atoms with Crippen LogP contribution in [-0.4, -0.2) is 58.8 Å². The zero-order valence-electron chi connectivity index (χ0n) is 13.8. The molecule has 1 unspecified atom stereocenters. The molecule has 1 N–H and O–H groups in total. The molecule has 1 aromatic carbocycles. The molecule has 8 nitrogen and oxygen atoms in total. The van der Waals surface area contributed by atoms with Crippen LogP contribution >= 0.6 is 0 Å². The van der Waals surface area contributed by atoms with E-state index in [1.165, 1.54) is 9.91 Å². The Morgan fingerprint density at radius 3 is 2.60 bits per heavy atom. The van der Waals surface area contributed by atoms with Crippen molar-refractivity contribution in [3.05, 3.63) is 30.3 Å². The van der Waals surface area contributed by atoms with Crippen LogP contribution in [0.5, 0.6) is 0 Å². The Morgan fingerprint density at radius 2 is 1.92 bits per heavy atom. The number of hydrogen-bond acceptors (Lipinski definition) is 5. The maximum atomic E-state index is 12.8. The van der Waals surface area contributed by atoms with E-state index < -0.39 is 12.1 Å². The fourth-order valence-corrected chi connectivity index (χ4v) is 2.91. The summed E-state index contributed by atoms with van der Waals surface area (Å²) in [6.07, 6.45) is -1.01. The van der Waals surface area contributed by atoms with E-state index in [1.807, 2.05) is 6.07 Å². The smallest absolute Gasteiger partial charge is 0.334 e. The molecule has 3 rings (SSSR count). The first-order valence-corrected chi connectivity index (χ1v) is 8.08. The molecule has 2 aliphatic rings. The van der Waals surface area contributed by atoms with Gasteiger partial charge in [0.1, 0.15) is 5.71 Å². The average molecular weight is 345 g/mol. The second kappa shape index (κ2) is 7.02. The van der Waals surface area contributed by atoms with E-state index in [-0.39, 0.29) is 43.0 Å². The topological polar surface area (TPSA) is 99.5 Å². The summed E-state index contributed by atoms with van der Waals surface area (Å²) < 4.78 is 5.33. The first-order chi connectivity index (χ1) is 12.0. The van der Waals surface area contributed by atoms with E-state index in [9.17, 15) is 14.4 Å². The van der Waals surface area contributed by atoms with Gasteiger partial charge in [-0.05, 0) is 19.1 Å². The summed E-state index contributed by atoms with van der Waals surface area (Å²) in [5, 5.41) is 14.6. The molecule has 0 aromatic heterocycles. The lowest BCUT2D eigenvalue weighted by atomic mass is 10.1. The summed E-state index contributed by atoms with van der Waals surface area (Å²) in [5.41, 5.74) is 0.845. The predicted octanol–water partition coefficient (Wildman–Crippen LogP) is 0.870. The van der Waals surface area contributed by atoms with Crippen LogP contribution in [0.3, 0.4) is 0 Å². The summed E-state index contributed by atoms with van der Waals surface area (Å²) >= 11 is 0. The van der Waals surface area contributed by atoms with Crippen LogP contribution in [0.4, 0.5) is 5.69 Å². The highest BCUT2D eigenvalue weighted by atomic mass is 16.5. The highest BCUT2D eigenvalue weighted by molar-refractivity contribution is 6.40. The standard InChI is InChI=1S/C17H19N3O5/c1-11-9-19(10-14(25-11)17(23)24)16(22)13-7-8-15(21)20(18-13)12-5-3-2-4-6-12/h2-6,11,14H,7-10H2,1H3,(H,23,24)/t11-,14?/m1/s1. The second-order valence-corrected chi connectivity index (χ2v) is 6.07. The van der Waals surface area contributed by atoms with Crippen molar-refractivity contribution in [1.82, 2.24) is 4.90 Å². The predicted molar refractivity (Wildman–Crippen MR) is 89.1 cm³/mol. The number of hydrogen-bond donors (Lipinski definition) is 1. The van der Waals surface area contributed by atoms with Gasteiger partial charge < -0.3 is 14.7 Å². The van der Waals surface area contributed by atoms with Crippen molar-refractivity contribution in [3.63, 3.8) is 0 Å². The van der Waals surface area contributed by atoms with Gasteiger partial charge in [-0.2, -0.15) is 5.10 Å². The number of carboxylic acids is 1. The molecule has 1 fully saturated rings. The van der Waals surface area contributed by atoms with E-state index >= 15 is 0 Å². The van der Waals surface area contributed by atoms with Crippen LogP contribution < -0.4 is 5.01 Å². The molecule has 2 heterocycles. The van der Waals surface area contributed by atoms with E-state index in [1.54, 1.807) is 31.2 Å². The SMILES string of the molecule is C[C@@H]1CN(C(=O)C2=NN(c3ccccc3)C(=O)CC2)CC(C(=O)O)O1. The van der Waals surface area contributed by atoms with Gasteiger partial charge in [0.2, 0.25) is 5.91 Å². The highest BCUT2D eigenvalue weighted by Gasteiger charge is 2.35. The number of amides is 2. The van der Waals surface area contributed by atoms with Crippen molar-refractivity contribution < 1.29 is 24.2 Å². The van der Waals surface area contributed by atoms with Gasteiger partial charge in [0.25, 0.3) is 5.91 Å². The van der Waals surface area contributed by atoms with Gasteiger partial charge in [-0.3, -0.25) is 9.59 Å². The molecular formula is C17H19N3O5. The lowest BCUT2D eigenvalue weighted by Gasteiger charge is -2.35. The molecule has 2 aliphatic heterocycles. The lowest BCUT2D eigenvalue weighted by Crippen LogP contribution is -2.54. The number of morpholine rings is 1. The Hall–Kier alpha value is -2.74. The first kappa shape index (κ1) is 17.1. The largest absolute Gasteiger partial charge is 0.479 e. The van der Waals surface area contributed by atoms with Crippen LogP contribution in [0.1, 0.15) is 19.8 Å². The fraction of sp³-hybridized carbons (Fsp3) is 0.412. The van der Waals surface area contributed by atoms with E-state index in [0.717, 1.165) is 0 Å². The Kier molecular flexibility index (Phi) is 4.80. The van der Waals surface area contributed by atoms with Crippen LogP contribution in [0.2, 0.25) is 0 Å². The minimum Gasteiger partial charge on any atom is -0.479 e. The third-order valence-electron chi connectivity index (χ3n) is 4.10. The Balaban J connectivity index is 1.81. The molecule has 8 heteroatoms. The van der Waals surface area contributed by atoms with Crippen molar-refractivity contribution in [2.75, 3.05) is 18.1 Å². The Labute approximate surface area is 144 Å². The maximum Gasteiger partial charge on any atom is 0.334 e. The number of rotatable bonds is 3. The van der Waals surface area contributed by atoms with Crippen molar-refractivity contribution in [2.24, 2.45) is 5.10 Å². The summed E-state index contributed by atoms with van der Waals surface area (Å²) in [6, 6.07) is 8.89. The van der Waals surface area contributed by atoms with Crippen molar-refractivity contribution in [1.29, 1.82) is 0 Å². The van der Waals surface area contributed by atoms with Gasteiger partial charge in [0, 0.05) is 19.4 Å².